The third-order valence-electron chi connectivity index (χ3n) is 3.55. The molecule has 5 heteroatoms. The highest BCUT2D eigenvalue weighted by Crippen LogP contribution is 2.26. The van der Waals surface area contributed by atoms with Gasteiger partial charge < -0.3 is 20.6 Å². The normalized spacial score (nSPS) is 23.6. The van der Waals surface area contributed by atoms with Crippen LogP contribution < -0.4 is 11.1 Å². The summed E-state index contributed by atoms with van der Waals surface area (Å²) in [5, 5.41) is 12.9. The summed E-state index contributed by atoms with van der Waals surface area (Å²) in [6, 6.07) is 5.88. The molecule has 5 nitrogen and oxygen atoms in total. The highest BCUT2D eigenvalue weighted by molar-refractivity contribution is 5.78. The van der Waals surface area contributed by atoms with E-state index in [9.17, 15) is 5.11 Å². The van der Waals surface area contributed by atoms with E-state index in [-0.39, 0.29) is 6.10 Å². The Morgan fingerprint density at radius 2 is 2.33 bits per heavy atom. The van der Waals surface area contributed by atoms with Crippen LogP contribution in [0.3, 0.4) is 0 Å². The van der Waals surface area contributed by atoms with Crippen molar-refractivity contribution in [2.24, 2.45) is 5.92 Å². The van der Waals surface area contributed by atoms with Gasteiger partial charge in [0.15, 0.2) is 5.58 Å². The van der Waals surface area contributed by atoms with Crippen molar-refractivity contribution < 1.29 is 9.52 Å². The lowest BCUT2D eigenvalue weighted by atomic mass is 10.1. The van der Waals surface area contributed by atoms with Gasteiger partial charge in [0.05, 0.1) is 6.10 Å². The Morgan fingerprint density at radius 1 is 1.44 bits per heavy atom. The summed E-state index contributed by atoms with van der Waals surface area (Å²) >= 11 is 0. The van der Waals surface area contributed by atoms with E-state index in [0.717, 1.165) is 30.4 Å². The van der Waals surface area contributed by atoms with E-state index < -0.39 is 0 Å². The Kier molecular flexibility index (Phi) is 2.83. The van der Waals surface area contributed by atoms with Gasteiger partial charge >= 0.3 is 0 Å². The van der Waals surface area contributed by atoms with Gasteiger partial charge in [-0.15, -0.1) is 0 Å². The Morgan fingerprint density at radius 3 is 3.11 bits per heavy atom. The summed E-state index contributed by atoms with van der Waals surface area (Å²) in [6.07, 6.45) is 2.85. The van der Waals surface area contributed by atoms with Crippen molar-refractivity contribution in [2.45, 2.75) is 25.4 Å². The SMILES string of the molecule is Nc1ccc2oc(NCC3CCCC3O)nc2c1. The van der Waals surface area contributed by atoms with Gasteiger partial charge in [-0.05, 0) is 31.0 Å². The third kappa shape index (κ3) is 2.13. The lowest BCUT2D eigenvalue weighted by molar-refractivity contribution is 0.138. The van der Waals surface area contributed by atoms with Crippen LogP contribution in [0, 0.1) is 5.92 Å². The average Bonchev–Trinajstić information content (AvgIpc) is 2.92. The number of nitrogens with zero attached hydrogens (tertiary/aromatic N) is 1. The molecule has 1 heterocycles. The summed E-state index contributed by atoms with van der Waals surface area (Å²) in [5.41, 5.74) is 7.84. The van der Waals surface area contributed by atoms with Crippen molar-refractivity contribution in [1.29, 1.82) is 0 Å². The Bertz CT molecular complexity index is 552. The number of hydrogen-bond acceptors (Lipinski definition) is 5. The fraction of sp³-hybridized carbons (Fsp3) is 0.462. The van der Waals surface area contributed by atoms with Crippen molar-refractivity contribution in [3.63, 3.8) is 0 Å². The first-order valence-electron chi connectivity index (χ1n) is 6.30. The molecule has 96 valence electrons. The average molecular weight is 247 g/mol. The zero-order valence-electron chi connectivity index (χ0n) is 10.1. The van der Waals surface area contributed by atoms with E-state index in [2.05, 4.69) is 10.3 Å². The minimum absolute atomic E-state index is 0.197. The Balaban J connectivity index is 1.71. The summed E-state index contributed by atoms with van der Waals surface area (Å²) in [7, 11) is 0. The minimum Gasteiger partial charge on any atom is -0.424 e. The lowest BCUT2D eigenvalue weighted by Gasteiger charge is -2.13. The fourth-order valence-corrected chi connectivity index (χ4v) is 2.49. The molecule has 0 spiro atoms. The van der Waals surface area contributed by atoms with Gasteiger partial charge in [-0.25, -0.2) is 0 Å². The molecule has 0 saturated heterocycles. The molecule has 2 unspecified atom stereocenters. The van der Waals surface area contributed by atoms with E-state index in [0.29, 0.717) is 24.2 Å². The van der Waals surface area contributed by atoms with Gasteiger partial charge in [0.25, 0.3) is 6.01 Å². The van der Waals surface area contributed by atoms with E-state index in [1.807, 2.05) is 6.07 Å². The molecule has 0 radical (unpaired) electrons. The van der Waals surface area contributed by atoms with Gasteiger partial charge in [0.2, 0.25) is 0 Å². The number of fused-ring (bicyclic) bond motifs is 1. The molecule has 0 bridgehead atoms. The highest BCUT2D eigenvalue weighted by atomic mass is 16.4. The quantitative estimate of drug-likeness (QED) is 0.722. The van der Waals surface area contributed by atoms with Crippen LogP contribution in [0.25, 0.3) is 11.1 Å². The molecule has 2 aromatic rings. The van der Waals surface area contributed by atoms with E-state index in [1.54, 1.807) is 12.1 Å². The second kappa shape index (κ2) is 4.49. The number of oxazole rings is 1. The number of aliphatic hydroxyl groups excluding tert-OH is 1. The predicted molar refractivity (Wildman–Crippen MR) is 70.3 cm³/mol. The molecule has 1 fully saturated rings. The zero-order valence-corrected chi connectivity index (χ0v) is 10.1. The second-order valence-corrected chi connectivity index (χ2v) is 4.89. The van der Waals surface area contributed by atoms with Crippen LogP contribution >= 0.6 is 0 Å². The second-order valence-electron chi connectivity index (χ2n) is 4.89. The number of nitrogens with one attached hydrogen (secondary N) is 1. The number of nitrogen functional groups attached to an aromatic ring is 1. The van der Waals surface area contributed by atoms with Crippen LogP contribution in [-0.2, 0) is 0 Å². The molecule has 1 aliphatic rings. The maximum absolute atomic E-state index is 9.74. The number of aliphatic hydroxyl groups is 1. The standard InChI is InChI=1S/C13H17N3O2/c14-9-4-5-12-10(6-9)16-13(18-12)15-7-8-2-1-3-11(8)17/h4-6,8,11,17H,1-3,7,14H2,(H,15,16). The monoisotopic (exact) mass is 247 g/mol. The maximum Gasteiger partial charge on any atom is 0.295 e. The van der Waals surface area contributed by atoms with Crippen LogP contribution in [0.1, 0.15) is 19.3 Å². The van der Waals surface area contributed by atoms with Crippen molar-refractivity contribution in [3.8, 4) is 0 Å². The van der Waals surface area contributed by atoms with Gasteiger partial charge in [0.1, 0.15) is 5.52 Å². The summed E-state index contributed by atoms with van der Waals surface area (Å²) in [6.45, 7) is 0.698. The third-order valence-corrected chi connectivity index (χ3v) is 3.55. The number of benzene rings is 1. The number of nitrogens with two attached hydrogens (primary N) is 1. The number of anilines is 2. The zero-order chi connectivity index (χ0) is 12.5. The predicted octanol–water partition coefficient (Wildman–Crippen LogP) is 1.98. The van der Waals surface area contributed by atoms with Crippen molar-refractivity contribution >= 4 is 22.8 Å². The smallest absolute Gasteiger partial charge is 0.295 e. The first kappa shape index (κ1) is 11.3. The van der Waals surface area contributed by atoms with E-state index >= 15 is 0 Å². The molecule has 2 atom stereocenters. The minimum atomic E-state index is -0.197. The summed E-state index contributed by atoms with van der Waals surface area (Å²) in [5.74, 6) is 0.296. The molecule has 0 aliphatic heterocycles. The highest BCUT2D eigenvalue weighted by Gasteiger charge is 2.25. The van der Waals surface area contributed by atoms with E-state index in [4.69, 9.17) is 10.2 Å². The van der Waals surface area contributed by atoms with Crippen molar-refractivity contribution in [2.75, 3.05) is 17.6 Å². The summed E-state index contributed by atoms with van der Waals surface area (Å²) in [4.78, 5) is 4.32. The van der Waals surface area contributed by atoms with Crippen LogP contribution in [0.4, 0.5) is 11.7 Å². The molecule has 1 aliphatic carbocycles. The van der Waals surface area contributed by atoms with Crippen molar-refractivity contribution in [3.05, 3.63) is 18.2 Å². The molecule has 4 N–H and O–H groups in total. The van der Waals surface area contributed by atoms with Crippen LogP contribution in [-0.4, -0.2) is 22.7 Å². The Hall–Kier alpha value is -1.75. The lowest BCUT2D eigenvalue weighted by Crippen LogP contribution is -2.21. The Labute approximate surface area is 105 Å². The van der Waals surface area contributed by atoms with Crippen LogP contribution in [0.5, 0.6) is 0 Å². The van der Waals surface area contributed by atoms with Gasteiger partial charge in [-0.2, -0.15) is 4.98 Å². The number of rotatable bonds is 3. The molecule has 0 amide bonds. The van der Waals surface area contributed by atoms with Crippen LogP contribution in [0.15, 0.2) is 22.6 Å². The molecule has 18 heavy (non-hydrogen) atoms. The maximum atomic E-state index is 9.74. The van der Waals surface area contributed by atoms with Crippen LogP contribution in [0.2, 0.25) is 0 Å². The molecule has 3 rings (SSSR count). The molecule has 1 aromatic carbocycles. The van der Waals surface area contributed by atoms with Crippen molar-refractivity contribution in [1.82, 2.24) is 4.98 Å². The number of hydrogen-bond donors (Lipinski definition) is 3. The first-order valence-corrected chi connectivity index (χ1v) is 6.30. The fourth-order valence-electron chi connectivity index (χ4n) is 2.49. The summed E-state index contributed by atoms with van der Waals surface area (Å²) < 4.78 is 5.56. The van der Waals surface area contributed by atoms with Gasteiger partial charge in [0, 0.05) is 18.2 Å². The van der Waals surface area contributed by atoms with E-state index in [1.165, 1.54) is 0 Å². The largest absolute Gasteiger partial charge is 0.424 e. The molecule has 1 saturated carbocycles. The molecular formula is C13H17N3O2. The van der Waals surface area contributed by atoms with Gasteiger partial charge in [-0.3, -0.25) is 0 Å². The van der Waals surface area contributed by atoms with Gasteiger partial charge in [-0.1, -0.05) is 6.42 Å². The first-order chi connectivity index (χ1) is 8.72. The topological polar surface area (TPSA) is 84.3 Å². The number of aromatic nitrogens is 1. The molecular weight excluding hydrogens is 230 g/mol. The molecule has 1 aromatic heterocycles.